The first kappa shape index (κ1) is 8.42. The molecule has 0 N–H and O–H groups in total. The molecule has 1 heterocycles. The van der Waals surface area contributed by atoms with Crippen LogP contribution in [0.4, 0.5) is 0 Å². The summed E-state index contributed by atoms with van der Waals surface area (Å²) >= 11 is -1.44. The first-order valence-electron chi connectivity index (χ1n) is 3.00. The molecule has 0 fully saturated rings. The monoisotopic (exact) mass is 176 g/mol. The van der Waals surface area contributed by atoms with Gasteiger partial charge in [-0.05, 0) is 6.92 Å². The van der Waals surface area contributed by atoms with Gasteiger partial charge in [-0.2, -0.15) is 0 Å². The third kappa shape index (κ3) is 1.49. The van der Waals surface area contributed by atoms with Crippen LogP contribution in [0, 0.1) is 0 Å². The zero-order valence-electron chi connectivity index (χ0n) is 6.25. The molecule has 4 nitrogen and oxygen atoms in total. The van der Waals surface area contributed by atoms with E-state index < -0.39 is 17.0 Å². The van der Waals surface area contributed by atoms with E-state index in [1.165, 1.54) is 7.11 Å². The predicted molar refractivity (Wildman–Crippen MR) is 38.8 cm³/mol. The third-order valence-corrected chi connectivity index (χ3v) is 2.50. The highest BCUT2D eigenvalue weighted by molar-refractivity contribution is 7.84. The maximum atomic E-state index is 10.9. The molecular weight excluding hydrogens is 168 g/mol. The Hall–Kier alpha value is -0.680. The van der Waals surface area contributed by atoms with Crippen molar-refractivity contribution < 1.29 is 17.9 Å². The molecule has 0 aromatic carbocycles. The van der Waals surface area contributed by atoms with Gasteiger partial charge in [0.05, 0.1) is 24.2 Å². The standard InChI is InChI=1S/C6H8O4S/c1-4-5(6(7)9-2)3-10-11(4)8/h3H2,1-2H3. The van der Waals surface area contributed by atoms with Gasteiger partial charge in [0.25, 0.3) is 0 Å². The highest BCUT2D eigenvalue weighted by Gasteiger charge is 2.24. The quantitative estimate of drug-likeness (QED) is 0.533. The van der Waals surface area contributed by atoms with Crippen LogP contribution < -0.4 is 0 Å². The van der Waals surface area contributed by atoms with Crippen LogP contribution in [0.1, 0.15) is 6.92 Å². The lowest BCUT2D eigenvalue weighted by atomic mass is 10.3. The number of hydrogen-bond acceptors (Lipinski definition) is 4. The van der Waals surface area contributed by atoms with Crippen LogP contribution in [0.2, 0.25) is 0 Å². The van der Waals surface area contributed by atoms with Crippen molar-refractivity contribution in [2.24, 2.45) is 0 Å². The maximum Gasteiger partial charge on any atom is 0.337 e. The van der Waals surface area contributed by atoms with E-state index in [2.05, 4.69) is 4.74 Å². The molecule has 1 unspecified atom stereocenters. The summed E-state index contributed by atoms with van der Waals surface area (Å²) in [6.07, 6.45) is 0. The fraction of sp³-hybridized carbons (Fsp3) is 0.500. The van der Waals surface area contributed by atoms with Gasteiger partial charge in [0.15, 0.2) is 11.1 Å². The molecule has 0 aromatic heterocycles. The normalized spacial score (nSPS) is 24.0. The number of allylic oxidation sites excluding steroid dienone is 1. The molecule has 1 rings (SSSR count). The molecule has 0 saturated carbocycles. The second-order valence-corrected chi connectivity index (χ2v) is 3.34. The zero-order valence-corrected chi connectivity index (χ0v) is 7.06. The number of hydrogen-bond donors (Lipinski definition) is 0. The van der Waals surface area contributed by atoms with Gasteiger partial charge in [0.1, 0.15) is 0 Å². The van der Waals surface area contributed by atoms with Crippen molar-refractivity contribution in [2.45, 2.75) is 6.92 Å². The van der Waals surface area contributed by atoms with E-state index in [1.54, 1.807) is 6.92 Å². The molecular formula is C6H8O4S. The Morgan fingerprint density at radius 3 is 2.73 bits per heavy atom. The summed E-state index contributed by atoms with van der Waals surface area (Å²) in [5.74, 6) is -0.464. The van der Waals surface area contributed by atoms with Gasteiger partial charge in [0.2, 0.25) is 0 Å². The van der Waals surface area contributed by atoms with Crippen molar-refractivity contribution >= 4 is 17.0 Å². The average Bonchev–Trinajstić information content (AvgIpc) is 2.32. The lowest BCUT2D eigenvalue weighted by Gasteiger charge is -1.95. The molecule has 1 aliphatic heterocycles. The fourth-order valence-corrected chi connectivity index (χ4v) is 1.47. The van der Waals surface area contributed by atoms with E-state index in [-0.39, 0.29) is 6.61 Å². The van der Waals surface area contributed by atoms with Crippen molar-refractivity contribution in [1.82, 2.24) is 0 Å². The summed E-state index contributed by atoms with van der Waals surface area (Å²) in [5, 5.41) is 0. The van der Waals surface area contributed by atoms with Crippen LogP contribution in [-0.2, 0) is 24.8 Å². The number of ether oxygens (including phenoxy) is 1. The Balaban J connectivity index is 2.88. The summed E-state index contributed by atoms with van der Waals surface area (Å²) in [5.41, 5.74) is 0.367. The van der Waals surface area contributed by atoms with Crippen molar-refractivity contribution in [1.29, 1.82) is 0 Å². The lowest BCUT2D eigenvalue weighted by molar-refractivity contribution is -0.136. The Kier molecular flexibility index (Phi) is 2.41. The van der Waals surface area contributed by atoms with Crippen molar-refractivity contribution in [3.8, 4) is 0 Å². The van der Waals surface area contributed by atoms with Crippen molar-refractivity contribution in [2.75, 3.05) is 13.7 Å². The minimum Gasteiger partial charge on any atom is -0.466 e. The molecule has 0 bridgehead atoms. The Bertz CT molecular complexity index is 243. The van der Waals surface area contributed by atoms with Gasteiger partial charge in [0, 0.05) is 0 Å². The third-order valence-electron chi connectivity index (χ3n) is 1.42. The zero-order chi connectivity index (χ0) is 8.43. The molecule has 5 heteroatoms. The number of carbonyl (C=O) groups excluding carboxylic acids is 1. The number of esters is 1. The van der Waals surface area contributed by atoms with Crippen LogP contribution in [-0.4, -0.2) is 23.9 Å². The van der Waals surface area contributed by atoms with Crippen molar-refractivity contribution in [3.05, 3.63) is 10.5 Å². The fourth-order valence-electron chi connectivity index (χ4n) is 0.729. The summed E-state index contributed by atoms with van der Waals surface area (Å²) in [6.45, 7) is 1.68. The van der Waals surface area contributed by atoms with Gasteiger partial charge in [-0.3, -0.25) is 4.18 Å². The Morgan fingerprint density at radius 2 is 2.36 bits per heavy atom. The molecule has 0 spiro atoms. The molecule has 0 radical (unpaired) electrons. The van der Waals surface area contributed by atoms with Crippen molar-refractivity contribution in [3.63, 3.8) is 0 Å². The number of rotatable bonds is 1. The van der Waals surface area contributed by atoms with Crippen LogP contribution in [0.15, 0.2) is 10.5 Å². The highest BCUT2D eigenvalue weighted by atomic mass is 32.2. The average molecular weight is 176 g/mol. The lowest BCUT2D eigenvalue weighted by Crippen LogP contribution is -2.06. The molecule has 0 aromatic rings. The molecule has 0 saturated heterocycles. The van der Waals surface area contributed by atoms with E-state index >= 15 is 0 Å². The van der Waals surface area contributed by atoms with E-state index in [0.29, 0.717) is 10.5 Å². The minimum atomic E-state index is -1.44. The van der Waals surface area contributed by atoms with Crippen LogP contribution >= 0.6 is 0 Å². The molecule has 11 heavy (non-hydrogen) atoms. The van der Waals surface area contributed by atoms with E-state index in [1.807, 2.05) is 0 Å². The molecule has 1 aliphatic rings. The minimum absolute atomic E-state index is 0.0884. The largest absolute Gasteiger partial charge is 0.466 e. The molecule has 0 amide bonds. The number of carbonyl (C=O) groups is 1. The highest BCUT2D eigenvalue weighted by Crippen LogP contribution is 2.19. The molecule has 1 atom stereocenters. The summed E-state index contributed by atoms with van der Waals surface area (Å²) in [4.78, 5) is 11.3. The first-order valence-corrected chi connectivity index (χ1v) is 4.07. The van der Waals surface area contributed by atoms with E-state index in [4.69, 9.17) is 4.18 Å². The van der Waals surface area contributed by atoms with Gasteiger partial charge >= 0.3 is 5.97 Å². The SMILES string of the molecule is COC(=O)C1=C(C)S(=O)OC1. The van der Waals surface area contributed by atoms with Gasteiger partial charge in [-0.15, -0.1) is 0 Å². The summed E-state index contributed by atoms with van der Waals surface area (Å²) in [7, 11) is 1.28. The van der Waals surface area contributed by atoms with Gasteiger partial charge in [-0.25, -0.2) is 9.00 Å². The summed E-state index contributed by atoms with van der Waals surface area (Å²) < 4.78 is 20.0. The van der Waals surface area contributed by atoms with Crippen LogP contribution in [0.3, 0.4) is 0 Å². The maximum absolute atomic E-state index is 10.9. The van der Waals surface area contributed by atoms with Crippen LogP contribution in [0.5, 0.6) is 0 Å². The predicted octanol–water partition coefficient (Wildman–Crippen LogP) is 0.127. The Morgan fingerprint density at radius 1 is 1.73 bits per heavy atom. The second kappa shape index (κ2) is 3.15. The smallest absolute Gasteiger partial charge is 0.337 e. The molecule has 62 valence electrons. The number of methoxy groups -OCH3 is 1. The first-order chi connectivity index (χ1) is 5.16. The van der Waals surface area contributed by atoms with Gasteiger partial charge < -0.3 is 4.74 Å². The van der Waals surface area contributed by atoms with Gasteiger partial charge in [-0.1, -0.05) is 0 Å². The Labute approximate surface area is 66.8 Å². The topological polar surface area (TPSA) is 52.6 Å². The summed E-state index contributed by atoms with van der Waals surface area (Å²) in [6, 6.07) is 0. The van der Waals surface area contributed by atoms with E-state index in [9.17, 15) is 9.00 Å². The second-order valence-electron chi connectivity index (χ2n) is 2.02. The molecule has 0 aliphatic carbocycles. The van der Waals surface area contributed by atoms with Crippen LogP contribution in [0.25, 0.3) is 0 Å². The van der Waals surface area contributed by atoms with E-state index in [0.717, 1.165) is 0 Å².